The summed E-state index contributed by atoms with van der Waals surface area (Å²) in [4.78, 5) is 33.2. The third-order valence-corrected chi connectivity index (χ3v) is 6.50. The Morgan fingerprint density at radius 3 is 2.38 bits per heavy atom. The van der Waals surface area contributed by atoms with E-state index in [9.17, 15) is 9.59 Å². The van der Waals surface area contributed by atoms with Crippen molar-refractivity contribution < 1.29 is 4.79 Å². The Morgan fingerprint density at radius 1 is 1.03 bits per heavy atom. The summed E-state index contributed by atoms with van der Waals surface area (Å²) in [7, 11) is 0. The lowest BCUT2D eigenvalue weighted by Gasteiger charge is -2.25. The molecule has 0 bridgehead atoms. The van der Waals surface area contributed by atoms with Crippen molar-refractivity contribution in [2.45, 2.75) is 30.3 Å². The highest BCUT2D eigenvalue weighted by atomic mass is 32.2. The average Bonchev–Trinajstić information content (AvgIpc) is 2.87. The number of nitrogens with zero attached hydrogens (tertiary/aromatic N) is 4. The van der Waals surface area contributed by atoms with Gasteiger partial charge in [0, 0.05) is 12.2 Å². The van der Waals surface area contributed by atoms with Crippen molar-refractivity contribution in [1.29, 1.82) is 5.26 Å². The first kappa shape index (κ1) is 23.3. The minimum absolute atomic E-state index is 0.138. The van der Waals surface area contributed by atoms with E-state index < -0.39 is 5.25 Å². The van der Waals surface area contributed by atoms with Gasteiger partial charge in [0.2, 0.25) is 5.91 Å². The molecular weight excluding hydrogens is 444 g/mol. The number of aromatic nitrogens is 2. The number of thioether (sulfide) groups is 1. The predicted octanol–water partition coefficient (Wildman–Crippen LogP) is 4.87. The fraction of sp³-hybridized carbons (Fsp3) is 0.185. The fourth-order valence-corrected chi connectivity index (χ4v) is 4.68. The van der Waals surface area contributed by atoms with Crippen LogP contribution in [0.3, 0.4) is 0 Å². The zero-order chi connectivity index (χ0) is 23.9. The van der Waals surface area contributed by atoms with Crippen molar-refractivity contribution in [3.63, 3.8) is 0 Å². The molecule has 0 aliphatic rings. The summed E-state index contributed by atoms with van der Waals surface area (Å²) in [6.07, 6.45) is 0.227. The Kier molecular flexibility index (Phi) is 7.41. The maximum Gasteiger partial charge on any atom is 0.262 e. The van der Waals surface area contributed by atoms with E-state index >= 15 is 0 Å². The average molecular weight is 469 g/mol. The summed E-state index contributed by atoms with van der Waals surface area (Å²) >= 11 is 1.26. The lowest BCUT2D eigenvalue weighted by molar-refractivity contribution is -0.117. The zero-order valence-electron chi connectivity index (χ0n) is 18.8. The van der Waals surface area contributed by atoms with E-state index in [4.69, 9.17) is 10.2 Å². The van der Waals surface area contributed by atoms with Crippen molar-refractivity contribution in [3.05, 3.63) is 101 Å². The second kappa shape index (κ2) is 10.8. The molecule has 1 aromatic heterocycles. The van der Waals surface area contributed by atoms with Gasteiger partial charge in [0.1, 0.15) is 0 Å². The summed E-state index contributed by atoms with van der Waals surface area (Å²) in [6, 6.07) is 28.4. The molecule has 0 aliphatic heterocycles. The number of nitriles is 1. The second-order valence-corrected chi connectivity index (χ2v) is 9.09. The summed E-state index contributed by atoms with van der Waals surface area (Å²) in [6.45, 7) is 2.47. The quantitative estimate of drug-likeness (QED) is 0.272. The molecule has 0 saturated heterocycles. The van der Waals surface area contributed by atoms with Crippen LogP contribution in [0.5, 0.6) is 0 Å². The van der Waals surface area contributed by atoms with E-state index in [0.717, 1.165) is 11.3 Å². The Balaban J connectivity index is 1.69. The molecule has 1 atom stereocenters. The topological polar surface area (TPSA) is 79.0 Å². The first-order valence-corrected chi connectivity index (χ1v) is 11.9. The van der Waals surface area contributed by atoms with Gasteiger partial charge >= 0.3 is 0 Å². The molecular formula is C27H24N4O2S. The van der Waals surface area contributed by atoms with E-state index in [-0.39, 0.29) is 17.9 Å². The SMILES string of the molecule is CC(Sc1nc2ccccc2c(=O)n1Cc1ccccc1)C(=O)N(CCC#N)c1ccccc1. The van der Waals surface area contributed by atoms with Crippen molar-refractivity contribution >= 4 is 34.3 Å². The first-order chi connectivity index (χ1) is 16.6. The molecule has 0 spiro atoms. The van der Waals surface area contributed by atoms with Gasteiger partial charge in [-0.25, -0.2) is 4.98 Å². The molecule has 34 heavy (non-hydrogen) atoms. The van der Waals surface area contributed by atoms with Gasteiger partial charge in [0.05, 0.1) is 35.2 Å². The van der Waals surface area contributed by atoms with Crippen molar-refractivity contribution in [1.82, 2.24) is 9.55 Å². The molecule has 1 amide bonds. The number of carbonyl (C=O) groups excluding carboxylic acids is 1. The van der Waals surface area contributed by atoms with Crippen LogP contribution in [-0.4, -0.2) is 27.3 Å². The van der Waals surface area contributed by atoms with Crippen LogP contribution in [0.15, 0.2) is 94.9 Å². The van der Waals surface area contributed by atoms with Crippen LogP contribution in [0.25, 0.3) is 10.9 Å². The molecule has 4 aromatic rings. The van der Waals surface area contributed by atoms with Crippen LogP contribution < -0.4 is 10.5 Å². The van der Waals surface area contributed by atoms with Crippen molar-refractivity contribution in [2.75, 3.05) is 11.4 Å². The van der Waals surface area contributed by atoms with E-state index in [1.165, 1.54) is 11.8 Å². The molecule has 0 fully saturated rings. The predicted molar refractivity (Wildman–Crippen MR) is 136 cm³/mol. The van der Waals surface area contributed by atoms with Crippen LogP contribution in [0, 0.1) is 11.3 Å². The minimum Gasteiger partial charge on any atom is -0.310 e. The molecule has 3 aromatic carbocycles. The smallest absolute Gasteiger partial charge is 0.262 e. The fourth-order valence-electron chi connectivity index (χ4n) is 3.71. The highest BCUT2D eigenvalue weighted by molar-refractivity contribution is 8.00. The summed E-state index contributed by atoms with van der Waals surface area (Å²) in [5.74, 6) is -0.139. The Labute approximate surface area is 202 Å². The summed E-state index contributed by atoms with van der Waals surface area (Å²) in [5.41, 5.74) is 2.18. The molecule has 4 rings (SSSR count). The number of hydrogen-bond donors (Lipinski definition) is 0. The second-order valence-electron chi connectivity index (χ2n) is 7.78. The van der Waals surface area contributed by atoms with Crippen molar-refractivity contribution in [3.8, 4) is 6.07 Å². The maximum atomic E-state index is 13.5. The Hall–Kier alpha value is -3.89. The van der Waals surface area contributed by atoms with E-state index in [1.54, 1.807) is 15.5 Å². The van der Waals surface area contributed by atoms with Gasteiger partial charge in [0.15, 0.2) is 5.16 Å². The van der Waals surface area contributed by atoms with Gasteiger partial charge in [-0.05, 0) is 36.8 Å². The van der Waals surface area contributed by atoms with Crippen LogP contribution in [0.2, 0.25) is 0 Å². The van der Waals surface area contributed by atoms with Gasteiger partial charge in [-0.3, -0.25) is 14.2 Å². The maximum absolute atomic E-state index is 13.5. The summed E-state index contributed by atoms with van der Waals surface area (Å²) in [5, 5.41) is 9.60. The molecule has 1 unspecified atom stereocenters. The molecule has 170 valence electrons. The number of hydrogen-bond acceptors (Lipinski definition) is 5. The highest BCUT2D eigenvalue weighted by Crippen LogP contribution is 2.26. The Morgan fingerprint density at radius 2 is 1.68 bits per heavy atom. The number of para-hydroxylation sites is 2. The van der Waals surface area contributed by atoms with Gasteiger partial charge in [-0.15, -0.1) is 0 Å². The third kappa shape index (κ3) is 5.19. The van der Waals surface area contributed by atoms with E-state index in [2.05, 4.69) is 6.07 Å². The number of fused-ring (bicyclic) bond motifs is 1. The Bertz CT molecular complexity index is 1380. The van der Waals surface area contributed by atoms with Crippen molar-refractivity contribution in [2.24, 2.45) is 0 Å². The number of rotatable bonds is 8. The number of benzene rings is 3. The monoisotopic (exact) mass is 468 g/mol. The van der Waals surface area contributed by atoms with Crippen LogP contribution in [-0.2, 0) is 11.3 Å². The minimum atomic E-state index is -0.519. The molecule has 6 nitrogen and oxygen atoms in total. The molecule has 0 saturated carbocycles. The van der Waals surface area contributed by atoms with Crippen LogP contribution in [0.1, 0.15) is 18.9 Å². The largest absolute Gasteiger partial charge is 0.310 e. The van der Waals surface area contributed by atoms with E-state index in [0.29, 0.717) is 29.1 Å². The van der Waals surface area contributed by atoms with Gasteiger partial charge in [0.25, 0.3) is 5.56 Å². The van der Waals surface area contributed by atoms with Gasteiger partial charge in [-0.1, -0.05) is 72.4 Å². The first-order valence-electron chi connectivity index (χ1n) is 11.0. The highest BCUT2D eigenvalue weighted by Gasteiger charge is 2.25. The van der Waals surface area contributed by atoms with Crippen LogP contribution in [0.4, 0.5) is 5.69 Å². The molecule has 7 heteroatoms. The van der Waals surface area contributed by atoms with Gasteiger partial charge in [-0.2, -0.15) is 5.26 Å². The third-order valence-electron chi connectivity index (χ3n) is 5.42. The van der Waals surface area contributed by atoms with Crippen LogP contribution >= 0.6 is 11.8 Å². The molecule has 0 aliphatic carbocycles. The lowest BCUT2D eigenvalue weighted by atomic mass is 10.2. The standard InChI is InChI=1S/C27H24N4O2S/c1-20(25(32)30(18-10-17-28)22-13-6-3-7-14-22)34-27-29-24-16-9-8-15-23(24)26(33)31(27)19-21-11-4-2-5-12-21/h2-9,11-16,20H,10,18-19H2,1H3. The zero-order valence-corrected chi connectivity index (χ0v) is 19.6. The molecule has 0 radical (unpaired) electrons. The summed E-state index contributed by atoms with van der Waals surface area (Å²) < 4.78 is 1.63. The number of carbonyl (C=O) groups is 1. The van der Waals surface area contributed by atoms with E-state index in [1.807, 2.05) is 85.8 Å². The number of anilines is 1. The van der Waals surface area contributed by atoms with Gasteiger partial charge < -0.3 is 4.90 Å². The normalized spacial score (nSPS) is 11.6. The molecule has 0 N–H and O–H groups in total. The number of amides is 1. The lowest BCUT2D eigenvalue weighted by Crippen LogP contribution is -2.37. The molecule has 1 heterocycles.